The molecular formula is C21H42O3. The van der Waals surface area contributed by atoms with Crippen LogP contribution in [0.25, 0.3) is 0 Å². The molecule has 0 aromatic rings. The molecule has 0 aromatic heterocycles. The monoisotopic (exact) mass is 342 g/mol. The average molecular weight is 343 g/mol. The van der Waals surface area contributed by atoms with Crippen LogP contribution in [0, 0.1) is 5.92 Å². The molecule has 0 bridgehead atoms. The van der Waals surface area contributed by atoms with Gasteiger partial charge in [0.05, 0.1) is 12.0 Å². The van der Waals surface area contributed by atoms with Gasteiger partial charge in [-0.25, -0.2) is 0 Å². The van der Waals surface area contributed by atoms with Crippen LogP contribution in [0.5, 0.6) is 0 Å². The van der Waals surface area contributed by atoms with Crippen molar-refractivity contribution in [3.8, 4) is 0 Å². The number of carboxylic acid groups (broad SMARTS) is 1. The maximum absolute atomic E-state index is 10.9. The summed E-state index contributed by atoms with van der Waals surface area (Å²) in [7, 11) is 0. The van der Waals surface area contributed by atoms with Crippen LogP contribution in [0.3, 0.4) is 0 Å². The molecular weight excluding hydrogens is 300 g/mol. The van der Waals surface area contributed by atoms with Gasteiger partial charge in [0.25, 0.3) is 0 Å². The molecule has 0 aromatic carbocycles. The lowest BCUT2D eigenvalue weighted by Crippen LogP contribution is -2.18. The van der Waals surface area contributed by atoms with E-state index in [1.165, 1.54) is 70.6 Å². The van der Waals surface area contributed by atoms with Crippen molar-refractivity contribution in [2.24, 2.45) is 5.92 Å². The van der Waals surface area contributed by atoms with Crippen molar-refractivity contribution >= 4 is 5.97 Å². The Hall–Kier alpha value is -0.570. The highest BCUT2D eigenvalue weighted by Crippen LogP contribution is 2.17. The lowest BCUT2D eigenvalue weighted by Gasteiger charge is -2.19. The molecule has 0 fully saturated rings. The molecule has 2 atom stereocenters. The summed E-state index contributed by atoms with van der Waals surface area (Å²) in [6.45, 7) is 6.84. The van der Waals surface area contributed by atoms with Gasteiger partial charge in [0, 0.05) is 6.61 Å². The van der Waals surface area contributed by atoms with E-state index in [1.54, 1.807) is 6.92 Å². The number of aliphatic carboxylic acids is 1. The van der Waals surface area contributed by atoms with Gasteiger partial charge < -0.3 is 9.84 Å². The number of ether oxygens (including phenoxy) is 1. The minimum absolute atomic E-state index is 0.302. The predicted molar refractivity (Wildman–Crippen MR) is 103 cm³/mol. The number of hydrogen-bond acceptors (Lipinski definition) is 2. The maximum Gasteiger partial charge on any atom is 0.306 e. The van der Waals surface area contributed by atoms with Crippen molar-refractivity contribution < 1.29 is 14.6 Å². The second kappa shape index (κ2) is 17.3. The smallest absolute Gasteiger partial charge is 0.306 e. The Morgan fingerprint density at radius 2 is 1.25 bits per heavy atom. The Kier molecular flexibility index (Phi) is 16.8. The summed E-state index contributed by atoms with van der Waals surface area (Å²) in [6.07, 6.45) is 17.6. The Labute approximate surface area is 150 Å². The third-order valence-electron chi connectivity index (χ3n) is 4.84. The largest absolute Gasteiger partial charge is 0.481 e. The van der Waals surface area contributed by atoms with Crippen molar-refractivity contribution in [2.75, 3.05) is 6.61 Å². The Morgan fingerprint density at radius 1 is 0.792 bits per heavy atom. The van der Waals surface area contributed by atoms with E-state index in [-0.39, 0.29) is 5.92 Å². The van der Waals surface area contributed by atoms with Gasteiger partial charge in [-0.1, -0.05) is 91.4 Å². The van der Waals surface area contributed by atoms with Gasteiger partial charge in [0.15, 0.2) is 0 Å². The zero-order valence-electron chi connectivity index (χ0n) is 16.5. The Morgan fingerprint density at radius 3 is 1.71 bits per heavy atom. The summed E-state index contributed by atoms with van der Waals surface area (Å²) in [5.74, 6) is -1.02. The van der Waals surface area contributed by atoms with E-state index in [0.29, 0.717) is 19.1 Å². The van der Waals surface area contributed by atoms with Crippen molar-refractivity contribution in [1.82, 2.24) is 0 Å². The molecule has 0 rings (SSSR count). The molecule has 0 spiro atoms. The number of hydrogen-bond donors (Lipinski definition) is 1. The molecule has 0 aliphatic heterocycles. The van der Waals surface area contributed by atoms with Crippen molar-refractivity contribution in [3.63, 3.8) is 0 Å². The molecule has 0 radical (unpaired) electrons. The van der Waals surface area contributed by atoms with E-state index in [2.05, 4.69) is 13.8 Å². The fourth-order valence-corrected chi connectivity index (χ4v) is 2.97. The second-order valence-electron chi connectivity index (χ2n) is 7.28. The minimum Gasteiger partial charge on any atom is -0.481 e. The van der Waals surface area contributed by atoms with Crippen LogP contribution in [0.1, 0.15) is 111 Å². The normalized spacial score (nSPS) is 13.8. The SMILES string of the molecule is CCCCCCCCC(CCCCCCC)OCC[C@H](C)C(=O)O. The summed E-state index contributed by atoms with van der Waals surface area (Å²) < 4.78 is 6.03. The third kappa shape index (κ3) is 15.0. The van der Waals surface area contributed by atoms with E-state index >= 15 is 0 Å². The third-order valence-corrected chi connectivity index (χ3v) is 4.84. The molecule has 1 unspecified atom stereocenters. The maximum atomic E-state index is 10.9. The minimum atomic E-state index is -0.717. The van der Waals surface area contributed by atoms with Crippen molar-refractivity contribution in [3.05, 3.63) is 0 Å². The van der Waals surface area contributed by atoms with Crippen LogP contribution >= 0.6 is 0 Å². The molecule has 1 N–H and O–H groups in total. The molecule has 0 aliphatic rings. The summed E-state index contributed by atoms with van der Waals surface area (Å²) in [6, 6.07) is 0. The highest BCUT2D eigenvalue weighted by Gasteiger charge is 2.13. The van der Waals surface area contributed by atoms with Crippen molar-refractivity contribution in [1.29, 1.82) is 0 Å². The van der Waals surface area contributed by atoms with E-state index < -0.39 is 5.97 Å². The summed E-state index contributed by atoms with van der Waals surface area (Å²) in [5, 5.41) is 8.96. The molecule has 0 amide bonds. The summed E-state index contributed by atoms with van der Waals surface area (Å²) in [5.41, 5.74) is 0. The quantitative estimate of drug-likeness (QED) is 0.286. The lowest BCUT2D eigenvalue weighted by atomic mass is 10.0. The van der Waals surface area contributed by atoms with Gasteiger partial charge in [-0.3, -0.25) is 4.79 Å². The first-order chi connectivity index (χ1) is 11.6. The standard InChI is InChI=1S/C21H42O3/c1-4-6-8-10-12-14-16-20(15-13-11-9-7-5-2)24-18-17-19(3)21(22)23/h19-20H,4-18H2,1-3H3,(H,22,23)/t19-,20?/m0/s1. The van der Waals surface area contributed by atoms with Gasteiger partial charge in [-0.05, 0) is 19.3 Å². The van der Waals surface area contributed by atoms with Crippen LogP contribution < -0.4 is 0 Å². The van der Waals surface area contributed by atoms with Crippen LogP contribution in [0.2, 0.25) is 0 Å². The van der Waals surface area contributed by atoms with Gasteiger partial charge >= 0.3 is 5.97 Å². The van der Waals surface area contributed by atoms with Crippen LogP contribution in [-0.4, -0.2) is 23.8 Å². The summed E-state index contributed by atoms with van der Waals surface area (Å²) >= 11 is 0. The van der Waals surface area contributed by atoms with Crippen LogP contribution in [0.4, 0.5) is 0 Å². The van der Waals surface area contributed by atoms with Gasteiger partial charge in [0.2, 0.25) is 0 Å². The first kappa shape index (κ1) is 23.4. The topological polar surface area (TPSA) is 46.5 Å². The van der Waals surface area contributed by atoms with Crippen LogP contribution in [-0.2, 0) is 9.53 Å². The van der Waals surface area contributed by atoms with E-state index in [9.17, 15) is 4.79 Å². The van der Waals surface area contributed by atoms with E-state index in [4.69, 9.17) is 9.84 Å². The van der Waals surface area contributed by atoms with Gasteiger partial charge in [-0.2, -0.15) is 0 Å². The first-order valence-electron chi connectivity index (χ1n) is 10.5. The summed E-state index contributed by atoms with van der Waals surface area (Å²) in [4.78, 5) is 10.9. The molecule has 3 heteroatoms. The zero-order chi connectivity index (χ0) is 18.0. The number of carboxylic acids is 1. The zero-order valence-corrected chi connectivity index (χ0v) is 16.5. The highest BCUT2D eigenvalue weighted by atomic mass is 16.5. The Bertz CT molecular complexity index is 278. The molecule has 0 heterocycles. The molecule has 0 saturated carbocycles. The number of carbonyl (C=O) groups is 1. The van der Waals surface area contributed by atoms with Gasteiger partial charge in [0.1, 0.15) is 0 Å². The van der Waals surface area contributed by atoms with Gasteiger partial charge in [-0.15, -0.1) is 0 Å². The highest BCUT2D eigenvalue weighted by molar-refractivity contribution is 5.69. The molecule has 144 valence electrons. The van der Waals surface area contributed by atoms with Crippen molar-refractivity contribution in [2.45, 2.75) is 117 Å². The lowest BCUT2D eigenvalue weighted by molar-refractivity contribution is -0.142. The molecule has 3 nitrogen and oxygen atoms in total. The van der Waals surface area contributed by atoms with E-state index in [1.807, 2.05) is 0 Å². The second-order valence-corrected chi connectivity index (χ2v) is 7.28. The number of rotatable bonds is 18. The first-order valence-corrected chi connectivity index (χ1v) is 10.5. The van der Waals surface area contributed by atoms with E-state index in [0.717, 1.165) is 12.8 Å². The molecule has 0 saturated heterocycles. The van der Waals surface area contributed by atoms with Crippen LogP contribution in [0.15, 0.2) is 0 Å². The Balaban J connectivity index is 3.92. The molecule has 24 heavy (non-hydrogen) atoms. The molecule has 0 aliphatic carbocycles. The predicted octanol–water partition coefficient (Wildman–Crippen LogP) is 6.59. The number of unbranched alkanes of at least 4 members (excludes halogenated alkanes) is 9. The average Bonchev–Trinajstić information content (AvgIpc) is 2.56. The fraction of sp³-hybridized carbons (Fsp3) is 0.952. The fourth-order valence-electron chi connectivity index (χ4n) is 2.97.